The van der Waals surface area contributed by atoms with Crippen molar-refractivity contribution >= 4 is 5.97 Å². The highest BCUT2D eigenvalue weighted by atomic mass is 16.5. The van der Waals surface area contributed by atoms with E-state index in [0.717, 1.165) is 0 Å². The highest BCUT2D eigenvalue weighted by Crippen LogP contribution is 1.97. The molecule has 0 radical (unpaired) electrons. The first-order valence-electron chi connectivity index (χ1n) is 2.29. The highest BCUT2D eigenvalue weighted by Gasteiger charge is 2.00. The Kier molecular flexibility index (Phi) is 2.90. The number of carboxylic acid groups (broad SMARTS) is 1. The van der Waals surface area contributed by atoms with Crippen LogP contribution in [0.25, 0.3) is 0 Å². The second-order valence-electron chi connectivity index (χ2n) is 1.58. The fourth-order valence-electron chi connectivity index (χ4n) is 0.304. The summed E-state index contributed by atoms with van der Waals surface area (Å²) in [6.07, 6.45) is -2.03. The average molecular weight is 131 g/mol. The van der Waals surface area contributed by atoms with Gasteiger partial charge >= 0.3 is 0 Å². The van der Waals surface area contributed by atoms with Crippen molar-refractivity contribution in [1.82, 2.24) is 0 Å². The number of rotatable bonds is 3. The largest absolute Gasteiger partial charge is 0.545 e. The number of carbonyl (C=O) groups is 1. The molecule has 0 rings (SSSR count). The van der Waals surface area contributed by atoms with Crippen LogP contribution in [0.1, 0.15) is 6.42 Å². The van der Waals surface area contributed by atoms with Crippen molar-refractivity contribution in [2.75, 3.05) is 0 Å². The molecular formula is C5H7O4-. The molecule has 0 amide bonds. The van der Waals surface area contributed by atoms with Crippen LogP contribution in [0, 0.1) is 0 Å². The molecule has 0 aromatic rings. The van der Waals surface area contributed by atoms with Gasteiger partial charge < -0.3 is 20.1 Å². The third-order valence-electron chi connectivity index (χ3n) is 0.718. The van der Waals surface area contributed by atoms with Crippen molar-refractivity contribution in [2.45, 2.75) is 12.7 Å². The van der Waals surface area contributed by atoms with Crippen molar-refractivity contribution in [1.29, 1.82) is 0 Å². The second-order valence-corrected chi connectivity index (χ2v) is 1.58. The molecule has 0 bridgehead atoms. The minimum Gasteiger partial charge on any atom is -0.545 e. The van der Waals surface area contributed by atoms with Crippen molar-refractivity contribution in [3.05, 3.63) is 12.2 Å². The first-order chi connectivity index (χ1) is 4.04. The Morgan fingerprint density at radius 1 is 1.67 bits per heavy atom. The topological polar surface area (TPSA) is 80.6 Å². The minimum atomic E-state index is -1.66. The molecule has 52 valence electrons. The summed E-state index contributed by atoms with van der Waals surface area (Å²) in [4.78, 5) is 9.80. The molecule has 0 unspecified atom stereocenters. The van der Waals surface area contributed by atoms with Gasteiger partial charge in [-0.2, -0.15) is 0 Å². The quantitative estimate of drug-likeness (QED) is 0.342. The van der Waals surface area contributed by atoms with Crippen molar-refractivity contribution in [2.24, 2.45) is 0 Å². The van der Waals surface area contributed by atoms with E-state index >= 15 is 0 Å². The van der Waals surface area contributed by atoms with E-state index in [1.54, 1.807) is 0 Å². The van der Waals surface area contributed by atoms with Gasteiger partial charge in [0.1, 0.15) is 0 Å². The molecule has 0 aliphatic heterocycles. The maximum absolute atomic E-state index is 9.80. The molecule has 2 N–H and O–H groups in total. The molecule has 4 nitrogen and oxygen atoms in total. The van der Waals surface area contributed by atoms with Gasteiger partial charge in [-0.05, 0) is 5.57 Å². The Hall–Kier alpha value is -0.870. The smallest absolute Gasteiger partial charge is 0.155 e. The van der Waals surface area contributed by atoms with Gasteiger partial charge in [-0.1, -0.05) is 6.58 Å². The number of aliphatic hydroxyl groups is 2. The van der Waals surface area contributed by atoms with E-state index in [1.165, 1.54) is 0 Å². The SMILES string of the molecule is C=C(CC(O)O)C(=O)[O-]. The Bertz CT molecular complexity index is 127. The number of hydrogen-bond donors (Lipinski definition) is 2. The molecule has 0 aromatic carbocycles. The lowest BCUT2D eigenvalue weighted by atomic mass is 10.2. The van der Waals surface area contributed by atoms with Gasteiger partial charge in [0.2, 0.25) is 0 Å². The molecule has 0 saturated carbocycles. The van der Waals surface area contributed by atoms with Crippen LogP contribution in [-0.4, -0.2) is 22.5 Å². The van der Waals surface area contributed by atoms with Crippen LogP contribution >= 0.6 is 0 Å². The Morgan fingerprint density at radius 2 is 2.11 bits per heavy atom. The van der Waals surface area contributed by atoms with Crippen LogP contribution in [0.3, 0.4) is 0 Å². The number of carbonyl (C=O) groups excluding carboxylic acids is 1. The lowest BCUT2D eigenvalue weighted by Gasteiger charge is -2.06. The van der Waals surface area contributed by atoms with Gasteiger partial charge in [-0.3, -0.25) is 0 Å². The lowest BCUT2D eigenvalue weighted by Crippen LogP contribution is -2.25. The maximum atomic E-state index is 9.80. The average Bonchev–Trinajstić information content (AvgIpc) is 1.63. The van der Waals surface area contributed by atoms with E-state index in [4.69, 9.17) is 10.2 Å². The third-order valence-corrected chi connectivity index (χ3v) is 0.718. The van der Waals surface area contributed by atoms with Gasteiger partial charge in [0.05, 0.1) is 5.97 Å². The van der Waals surface area contributed by atoms with E-state index in [1.807, 2.05) is 0 Å². The number of aliphatic hydroxyl groups excluding tert-OH is 1. The zero-order chi connectivity index (χ0) is 7.44. The molecular weight excluding hydrogens is 124 g/mol. The van der Waals surface area contributed by atoms with Crippen molar-refractivity contribution in [3.63, 3.8) is 0 Å². The van der Waals surface area contributed by atoms with E-state index in [9.17, 15) is 9.90 Å². The predicted molar refractivity (Wildman–Crippen MR) is 27.0 cm³/mol. The summed E-state index contributed by atoms with van der Waals surface area (Å²) in [5.41, 5.74) is -0.315. The molecule has 4 heteroatoms. The summed E-state index contributed by atoms with van der Waals surface area (Å²) in [6, 6.07) is 0. The zero-order valence-electron chi connectivity index (χ0n) is 4.70. The predicted octanol–water partition coefficient (Wildman–Crippen LogP) is -2.01. The zero-order valence-corrected chi connectivity index (χ0v) is 4.70. The highest BCUT2D eigenvalue weighted by molar-refractivity contribution is 5.83. The molecule has 0 aliphatic rings. The van der Waals surface area contributed by atoms with Crippen LogP contribution in [0.4, 0.5) is 0 Å². The minimum absolute atomic E-state index is 0.315. The number of hydrogen-bond acceptors (Lipinski definition) is 4. The van der Waals surface area contributed by atoms with E-state index < -0.39 is 12.3 Å². The molecule has 0 aliphatic carbocycles. The summed E-state index contributed by atoms with van der Waals surface area (Å²) < 4.78 is 0. The number of carboxylic acids is 1. The maximum Gasteiger partial charge on any atom is 0.155 e. The first-order valence-corrected chi connectivity index (χ1v) is 2.29. The summed E-state index contributed by atoms with van der Waals surface area (Å²) in [5, 5.41) is 26.2. The van der Waals surface area contributed by atoms with Gasteiger partial charge in [0, 0.05) is 6.42 Å². The van der Waals surface area contributed by atoms with Gasteiger partial charge in [0.25, 0.3) is 0 Å². The molecule has 0 spiro atoms. The van der Waals surface area contributed by atoms with E-state index in [-0.39, 0.29) is 12.0 Å². The standard InChI is InChI=1S/C5H8O4/c1-3(5(8)9)2-4(6)7/h4,6-7H,1-2H2,(H,8,9)/p-1. The fraction of sp³-hybridized carbons (Fsp3) is 0.400. The van der Waals surface area contributed by atoms with Crippen LogP contribution in [0.5, 0.6) is 0 Å². The normalized spacial score (nSPS) is 9.67. The third kappa shape index (κ3) is 3.69. The lowest BCUT2D eigenvalue weighted by molar-refractivity contribution is -0.299. The van der Waals surface area contributed by atoms with Crippen molar-refractivity contribution in [3.8, 4) is 0 Å². The van der Waals surface area contributed by atoms with Crippen LogP contribution in [-0.2, 0) is 4.79 Å². The number of aliphatic carboxylic acids is 1. The first kappa shape index (κ1) is 8.13. The Labute approximate surface area is 52.1 Å². The van der Waals surface area contributed by atoms with Gasteiger partial charge in [-0.15, -0.1) is 0 Å². The summed E-state index contributed by atoms with van der Waals surface area (Å²) in [5.74, 6) is -1.46. The van der Waals surface area contributed by atoms with E-state index in [0.29, 0.717) is 0 Å². The van der Waals surface area contributed by atoms with Crippen LogP contribution in [0.2, 0.25) is 0 Å². The molecule has 0 heterocycles. The second kappa shape index (κ2) is 3.21. The molecule has 9 heavy (non-hydrogen) atoms. The van der Waals surface area contributed by atoms with Gasteiger partial charge in [0.15, 0.2) is 6.29 Å². The fourth-order valence-corrected chi connectivity index (χ4v) is 0.304. The van der Waals surface area contributed by atoms with Gasteiger partial charge in [-0.25, -0.2) is 0 Å². The van der Waals surface area contributed by atoms with Crippen LogP contribution < -0.4 is 5.11 Å². The van der Waals surface area contributed by atoms with Crippen molar-refractivity contribution < 1.29 is 20.1 Å². The molecule has 0 saturated heterocycles. The summed E-state index contributed by atoms with van der Waals surface area (Å²) in [7, 11) is 0. The van der Waals surface area contributed by atoms with E-state index in [2.05, 4.69) is 6.58 Å². The van der Waals surface area contributed by atoms with Crippen LogP contribution in [0.15, 0.2) is 12.2 Å². The molecule has 0 aromatic heterocycles. The monoisotopic (exact) mass is 131 g/mol. The molecule has 0 atom stereocenters. The Morgan fingerprint density at radius 3 is 2.22 bits per heavy atom. The Balaban J connectivity index is 3.65. The summed E-state index contributed by atoms with van der Waals surface area (Å²) in [6.45, 7) is 3.01. The molecule has 0 fully saturated rings. The summed E-state index contributed by atoms with van der Waals surface area (Å²) >= 11 is 0.